The van der Waals surface area contributed by atoms with E-state index in [0.717, 1.165) is 11.2 Å². The molecule has 1 atom stereocenters. The van der Waals surface area contributed by atoms with Crippen molar-refractivity contribution in [3.8, 4) is 0 Å². The van der Waals surface area contributed by atoms with E-state index in [1.807, 2.05) is 25.7 Å². The van der Waals surface area contributed by atoms with Gasteiger partial charge in [0.1, 0.15) is 5.52 Å². The summed E-state index contributed by atoms with van der Waals surface area (Å²) in [5.74, 6) is -0.129. The molecule has 7 heteroatoms. The molecule has 1 amide bonds. The summed E-state index contributed by atoms with van der Waals surface area (Å²) in [4.78, 5) is 24.4. The number of likely N-dealkylation sites (N-methyl/N-ethyl adjacent to an activating group) is 1. The lowest BCUT2D eigenvalue weighted by molar-refractivity contribution is 0.0942. The maximum Gasteiger partial charge on any atom is 0.252 e. The molecule has 3 aromatic rings. The highest BCUT2D eigenvalue weighted by Gasteiger charge is 2.19. The highest BCUT2D eigenvalue weighted by Crippen LogP contribution is 2.26. The third-order valence-electron chi connectivity index (χ3n) is 4.10. The molecule has 0 fully saturated rings. The van der Waals surface area contributed by atoms with Gasteiger partial charge in [0.2, 0.25) is 0 Å². The first-order valence-corrected chi connectivity index (χ1v) is 8.61. The molecule has 3 aromatic heterocycles. The predicted octanol–water partition coefficient (Wildman–Crippen LogP) is 2.37. The Kier molecular flexibility index (Phi) is 4.64. The molecular formula is C17H21N5OS. The van der Waals surface area contributed by atoms with E-state index in [0.29, 0.717) is 12.1 Å². The van der Waals surface area contributed by atoms with Crippen molar-refractivity contribution in [2.75, 3.05) is 20.6 Å². The Hall–Kier alpha value is -2.25. The second-order valence-electron chi connectivity index (χ2n) is 6.08. The summed E-state index contributed by atoms with van der Waals surface area (Å²) < 4.78 is 1.83. The molecular weight excluding hydrogens is 322 g/mol. The summed E-state index contributed by atoms with van der Waals surface area (Å²) in [7, 11) is 5.93. The minimum absolute atomic E-state index is 0.129. The maximum atomic E-state index is 12.5. The number of hydrogen-bond acceptors (Lipinski definition) is 5. The van der Waals surface area contributed by atoms with E-state index in [1.165, 1.54) is 10.4 Å². The lowest BCUT2D eigenvalue weighted by Gasteiger charge is -2.24. The number of pyridine rings is 1. The fourth-order valence-electron chi connectivity index (χ4n) is 2.67. The van der Waals surface area contributed by atoms with Crippen LogP contribution in [0.5, 0.6) is 0 Å². The van der Waals surface area contributed by atoms with E-state index in [9.17, 15) is 4.79 Å². The summed E-state index contributed by atoms with van der Waals surface area (Å²) in [6, 6.07) is 4.04. The van der Waals surface area contributed by atoms with Gasteiger partial charge in [-0.25, -0.2) is 9.97 Å². The van der Waals surface area contributed by atoms with Crippen LogP contribution >= 0.6 is 11.3 Å². The summed E-state index contributed by atoms with van der Waals surface area (Å²) in [6.45, 7) is 2.65. The van der Waals surface area contributed by atoms with Crippen LogP contribution in [0.3, 0.4) is 0 Å². The van der Waals surface area contributed by atoms with Crippen molar-refractivity contribution >= 4 is 28.4 Å². The molecule has 126 valence electrons. The van der Waals surface area contributed by atoms with Crippen LogP contribution < -0.4 is 5.32 Å². The smallest absolute Gasteiger partial charge is 0.252 e. The van der Waals surface area contributed by atoms with Gasteiger partial charge >= 0.3 is 0 Å². The Labute approximate surface area is 145 Å². The number of rotatable bonds is 5. The largest absolute Gasteiger partial charge is 0.350 e. The van der Waals surface area contributed by atoms with Gasteiger partial charge in [0.25, 0.3) is 5.91 Å². The Morgan fingerprint density at radius 1 is 1.42 bits per heavy atom. The number of imidazole rings is 1. The molecule has 6 nitrogen and oxygen atoms in total. The molecule has 1 N–H and O–H groups in total. The Bertz CT molecular complexity index is 867. The fourth-order valence-corrected chi connectivity index (χ4v) is 3.79. The maximum absolute atomic E-state index is 12.5. The first kappa shape index (κ1) is 16.6. The van der Waals surface area contributed by atoms with Crippen molar-refractivity contribution in [2.24, 2.45) is 7.05 Å². The van der Waals surface area contributed by atoms with Crippen molar-refractivity contribution in [1.82, 2.24) is 24.8 Å². The standard InChI is InChI=1S/C17H21N5OS/c1-11-5-6-24-15(11)14(21(2)3)9-19-17(23)12-7-13-16(18-8-12)22(4)10-20-13/h5-8,10,14H,9H2,1-4H3,(H,19,23). The number of hydrogen-bond donors (Lipinski definition) is 1. The zero-order valence-electron chi connectivity index (χ0n) is 14.3. The monoisotopic (exact) mass is 343 g/mol. The number of amides is 1. The number of nitrogens with one attached hydrogen (secondary N) is 1. The van der Waals surface area contributed by atoms with E-state index in [4.69, 9.17) is 0 Å². The first-order chi connectivity index (χ1) is 11.5. The van der Waals surface area contributed by atoms with E-state index in [2.05, 4.69) is 38.6 Å². The van der Waals surface area contributed by atoms with E-state index in [1.54, 1.807) is 29.9 Å². The number of fused-ring (bicyclic) bond motifs is 1. The Morgan fingerprint density at radius 2 is 2.21 bits per heavy atom. The molecule has 0 saturated heterocycles. The average Bonchev–Trinajstić information content (AvgIpc) is 3.13. The van der Waals surface area contributed by atoms with Gasteiger partial charge in [0, 0.05) is 24.7 Å². The van der Waals surface area contributed by atoms with Crippen molar-refractivity contribution in [2.45, 2.75) is 13.0 Å². The predicted molar refractivity (Wildman–Crippen MR) is 96.3 cm³/mol. The Balaban J connectivity index is 1.74. The van der Waals surface area contributed by atoms with Gasteiger partial charge in [-0.1, -0.05) is 0 Å². The summed E-state index contributed by atoms with van der Waals surface area (Å²) >= 11 is 1.72. The van der Waals surface area contributed by atoms with Crippen molar-refractivity contribution in [1.29, 1.82) is 0 Å². The minimum Gasteiger partial charge on any atom is -0.350 e. The van der Waals surface area contributed by atoms with Crippen LogP contribution in [-0.2, 0) is 7.05 Å². The van der Waals surface area contributed by atoms with Gasteiger partial charge in [-0.05, 0) is 44.1 Å². The second kappa shape index (κ2) is 6.70. The van der Waals surface area contributed by atoms with E-state index in [-0.39, 0.29) is 11.9 Å². The van der Waals surface area contributed by atoms with Crippen molar-refractivity contribution < 1.29 is 4.79 Å². The molecule has 0 spiro atoms. The van der Waals surface area contributed by atoms with Crippen LogP contribution in [0.25, 0.3) is 11.2 Å². The summed E-state index contributed by atoms with van der Waals surface area (Å²) in [6.07, 6.45) is 3.29. The molecule has 0 aliphatic carbocycles. The lowest BCUT2D eigenvalue weighted by Crippen LogP contribution is -2.34. The number of aryl methyl sites for hydroxylation is 2. The molecule has 1 unspecified atom stereocenters. The van der Waals surface area contributed by atoms with E-state index < -0.39 is 0 Å². The van der Waals surface area contributed by atoms with Crippen LogP contribution in [0.2, 0.25) is 0 Å². The highest BCUT2D eigenvalue weighted by molar-refractivity contribution is 7.10. The Morgan fingerprint density at radius 3 is 2.88 bits per heavy atom. The average molecular weight is 343 g/mol. The third-order valence-corrected chi connectivity index (χ3v) is 5.22. The normalized spacial score (nSPS) is 12.7. The van der Waals surface area contributed by atoms with Crippen LogP contribution in [0, 0.1) is 6.92 Å². The molecule has 0 radical (unpaired) electrons. The van der Waals surface area contributed by atoms with Gasteiger partial charge < -0.3 is 14.8 Å². The highest BCUT2D eigenvalue weighted by atomic mass is 32.1. The van der Waals surface area contributed by atoms with Crippen LogP contribution in [0.4, 0.5) is 0 Å². The first-order valence-electron chi connectivity index (χ1n) is 7.73. The third kappa shape index (κ3) is 3.18. The minimum atomic E-state index is -0.129. The molecule has 3 rings (SSSR count). The number of thiophene rings is 1. The second-order valence-corrected chi connectivity index (χ2v) is 7.03. The van der Waals surface area contributed by atoms with Crippen LogP contribution in [-0.4, -0.2) is 46.0 Å². The van der Waals surface area contributed by atoms with Gasteiger partial charge in [0.15, 0.2) is 5.65 Å². The topological polar surface area (TPSA) is 63.1 Å². The van der Waals surface area contributed by atoms with Crippen molar-refractivity contribution in [3.63, 3.8) is 0 Å². The molecule has 0 bridgehead atoms. The molecule has 3 heterocycles. The number of carbonyl (C=O) groups excluding carboxylic acids is 1. The van der Waals surface area contributed by atoms with Gasteiger partial charge in [0.05, 0.1) is 17.9 Å². The van der Waals surface area contributed by atoms with Crippen molar-refractivity contribution in [3.05, 3.63) is 46.0 Å². The fraction of sp³-hybridized carbons (Fsp3) is 0.353. The van der Waals surface area contributed by atoms with Gasteiger partial charge in [-0.15, -0.1) is 11.3 Å². The molecule has 0 aliphatic heterocycles. The van der Waals surface area contributed by atoms with E-state index >= 15 is 0 Å². The molecule has 0 aromatic carbocycles. The molecule has 0 saturated carbocycles. The van der Waals surface area contributed by atoms with Gasteiger partial charge in [-0.3, -0.25) is 4.79 Å². The molecule has 24 heavy (non-hydrogen) atoms. The number of carbonyl (C=O) groups is 1. The zero-order valence-corrected chi connectivity index (χ0v) is 15.1. The van der Waals surface area contributed by atoms with Crippen LogP contribution in [0.1, 0.15) is 26.8 Å². The quantitative estimate of drug-likeness (QED) is 0.772. The number of aromatic nitrogens is 3. The van der Waals surface area contributed by atoms with Crippen LogP contribution in [0.15, 0.2) is 30.0 Å². The molecule has 0 aliphatic rings. The number of nitrogens with zero attached hydrogens (tertiary/aromatic N) is 4. The van der Waals surface area contributed by atoms with Gasteiger partial charge in [-0.2, -0.15) is 0 Å². The SMILES string of the molecule is Cc1ccsc1C(CNC(=O)c1cnc2c(c1)ncn2C)N(C)C. The zero-order chi connectivity index (χ0) is 17.3. The summed E-state index contributed by atoms with van der Waals surface area (Å²) in [5.41, 5.74) is 3.28. The summed E-state index contributed by atoms with van der Waals surface area (Å²) in [5, 5.41) is 5.10. The lowest BCUT2D eigenvalue weighted by atomic mass is 10.1.